The number of rotatable bonds is 3. The molecule has 0 N–H and O–H groups in total. The van der Waals surface area contributed by atoms with Gasteiger partial charge in [-0.2, -0.15) is 4.99 Å². The van der Waals surface area contributed by atoms with Gasteiger partial charge in [-0.3, -0.25) is 0 Å². The maximum absolute atomic E-state index is 13.5. The van der Waals surface area contributed by atoms with E-state index in [4.69, 9.17) is 4.74 Å². The summed E-state index contributed by atoms with van der Waals surface area (Å²) in [6.45, 7) is 0. The summed E-state index contributed by atoms with van der Waals surface area (Å²) in [6, 6.07) is 11.6. The number of para-hydroxylation sites is 1. The van der Waals surface area contributed by atoms with Crippen molar-refractivity contribution in [1.29, 1.82) is 0 Å². The highest BCUT2D eigenvalue weighted by Gasteiger charge is 2.09. The minimum atomic E-state index is -0.419. The minimum absolute atomic E-state index is 0.156. The number of hydrogen-bond donors (Lipinski definition) is 0. The van der Waals surface area contributed by atoms with Crippen LogP contribution in [0.1, 0.15) is 0 Å². The largest absolute Gasteiger partial charge is 0.428 e. The molecule has 0 radical (unpaired) electrons. The van der Waals surface area contributed by atoms with Gasteiger partial charge in [0.05, 0.1) is 21.1 Å². The molecule has 0 spiro atoms. The van der Waals surface area contributed by atoms with Gasteiger partial charge in [-0.1, -0.05) is 23.5 Å². The van der Waals surface area contributed by atoms with Crippen LogP contribution in [0, 0.1) is 5.82 Å². The molecule has 0 fully saturated rings. The van der Waals surface area contributed by atoms with Crippen molar-refractivity contribution in [2.75, 3.05) is 0 Å². The van der Waals surface area contributed by atoms with Crippen molar-refractivity contribution in [3.05, 3.63) is 48.3 Å². The molecule has 0 unspecified atom stereocenters. The van der Waals surface area contributed by atoms with Gasteiger partial charge in [0, 0.05) is 0 Å². The number of aliphatic imine (C=N–C) groups is 1. The van der Waals surface area contributed by atoms with E-state index < -0.39 is 5.82 Å². The number of ether oxygens (including phenoxy) is 1. The van der Waals surface area contributed by atoms with Crippen LogP contribution in [0.3, 0.4) is 0 Å². The van der Waals surface area contributed by atoms with Crippen LogP contribution >= 0.6 is 23.6 Å². The lowest BCUT2D eigenvalue weighted by atomic mass is 10.3. The van der Waals surface area contributed by atoms with Crippen molar-refractivity contribution in [2.24, 2.45) is 4.99 Å². The number of fused-ring (bicyclic) bond motifs is 1. The molecule has 98 valence electrons. The fourth-order valence-electron chi connectivity index (χ4n) is 1.68. The van der Waals surface area contributed by atoms with Crippen LogP contribution in [-0.4, -0.2) is 10.1 Å². The second kappa shape index (κ2) is 5.46. The third kappa shape index (κ3) is 2.58. The summed E-state index contributed by atoms with van der Waals surface area (Å²) in [5.41, 5.74) is 1.47. The molecule has 0 aliphatic rings. The molecule has 0 bridgehead atoms. The first-order chi connectivity index (χ1) is 9.76. The van der Waals surface area contributed by atoms with E-state index in [9.17, 15) is 4.39 Å². The summed E-state index contributed by atoms with van der Waals surface area (Å²) in [7, 11) is 0. The third-order valence-corrected chi connectivity index (χ3v) is 3.55. The van der Waals surface area contributed by atoms with E-state index in [0.29, 0.717) is 10.9 Å². The van der Waals surface area contributed by atoms with E-state index >= 15 is 0 Å². The van der Waals surface area contributed by atoms with Gasteiger partial charge in [0.1, 0.15) is 0 Å². The second-order valence-electron chi connectivity index (χ2n) is 3.87. The predicted molar refractivity (Wildman–Crippen MR) is 80.8 cm³/mol. The quantitative estimate of drug-likeness (QED) is 0.506. The zero-order chi connectivity index (χ0) is 13.9. The van der Waals surface area contributed by atoms with Gasteiger partial charge in [-0.25, -0.2) is 9.37 Å². The molecule has 0 aliphatic heterocycles. The Balaban J connectivity index is 1.97. The zero-order valence-electron chi connectivity index (χ0n) is 10.0. The number of halogens is 1. The molecule has 0 saturated carbocycles. The Morgan fingerprint density at radius 2 is 2.10 bits per heavy atom. The first-order valence-electron chi connectivity index (χ1n) is 5.67. The Morgan fingerprint density at radius 3 is 2.90 bits per heavy atom. The summed E-state index contributed by atoms with van der Waals surface area (Å²) in [5, 5.41) is 2.70. The van der Waals surface area contributed by atoms with Gasteiger partial charge in [-0.05, 0) is 42.5 Å². The van der Waals surface area contributed by atoms with E-state index in [0.717, 1.165) is 10.2 Å². The molecule has 3 rings (SSSR count). The molecule has 6 heteroatoms. The van der Waals surface area contributed by atoms with Crippen LogP contribution in [-0.2, 0) is 0 Å². The number of thiazole rings is 1. The highest BCUT2D eigenvalue weighted by Crippen LogP contribution is 2.33. The number of thiocarbonyl (C=S) groups is 1. The van der Waals surface area contributed by atoms with E-state index in [1.54, 1.807) is 24.3 Å². The molecule has 1 heterocycles. The van der Waals surface area contributed by atoms with Crippen molar-refractivity contribution in [1.82, 2.24) is 4.98 Å². The highest BCUT2D eigenvalue weighted by molar-refractivity contribution is 7.78. The molecule has 3 nitrogen and oxygen atoms in total. The SMILES string of the molecule is Fc1ccccc1Oc1nc2ccc(N=C=S)cc2s1. The lowest BCUT2D eigenvalue weighted by Crippen LogP contribution is -1.86. The first kappa shape index (κ1) is 12.9. The molecule has 2 aromatic carbocycles. The monoisotopic (exact) mass is 302 g/mol. The number of nitrogens with zero attached hydrogens (tertiary/aromatic N) is 2. The lowest BCUT2D eigenvalue weighted by molar-refractivity contribution is 0.440. The average molecular weight is 302 g/mol. The van der Waals surface area contributed by atoms with Gasteiger partial charge in [0.2, 0.25) is 0 Å². The van der Waals surface area contributed by atoms with Gasteiger partial charge in [0.25, 0.3) is 5.19 Å². The van der Waals surface area contributed by atoms with Crippen LogP contribution in [0.25, 0.3) is 10.2 Å². The smallest absolute Gasteiger partial charge is 0.279 e. The molecule has 1 aromatic heterocycles. The summed E-state index contributed by atoms with van der Waals surface area (Å²) >= 11 is 5.89. The highest BCUT2D eigenvalue weighted by atomic mass is 32.1. The Hall–Kier alpha value is -2.14. The Bertz CT molecular complexity index is 825. The van der Waals surface area contributed by atoms with E-state index in [2.05, 4.69) is 27.4 Å². The fraction of sp³-hybridized carbons (Fsp3) is 0. The average Bonchev–Trinajstić information content (AvgIpc) is 2.83. The van der Waals surface area contributed by atoms with E-state index in [1.165, 1.54) is 17.4 Å². The third-order valence-electron chi connectivity index (χ3n) is 2.56. The zero-order valence-corrected chi connectivity index (χ0v) is 11.7. The van der Waals surface area contributed by atoms with Crippen molar-refractivity contribution in [3.8, 4) is 10.9 Å². The van der Waals surface area contributed by atoms with Gasteiger partial charge in [0.15, 0.2) is 11.6 Å². The maximum Gasteiger partial charge on any atom is 0.279 e. The summed E-state index contributed by atoms with van der Waals surface area (Å²) in [6.07, 6.45) is 0. The van der Waals surface area contributed by atoms with Gasteiger partial charge in [-0.15, -0.1) is 0 Å². The van der Waals surface area contributed by atoms with Crippen LogP contribution in [0.5, 0.6) is 10.9 Å². The fourth-order valence-corrected chi connectivity index (χ4v) is 2.65. The molecule has 0 atom stereocenters. The normalized spacial score (nSPS) is 10.2. The number of isothiocyanates is 1. The van der Waals surface area contributed by atoms with Gasteiger partial charge < -0.3 is 4.74 Å². The maximum atomic E-state index is 13.5. The predicted octanol–water partition coefficient (Wildman–Crippen LogP) is 4.96. The lowest BCUT2D eigenvalue weighted by Gasteiger charge is -2.01. The summed E-state index contributed by atoms with van der Waals surface area (Å²) in [4.78, 5) is 8.20. The summed E-state index contributed by atoms with van der Waals surface area (Å²) < 4.78 is 19.9. The van der Waals surface area contributed by atoms with Crippen LogP contribution in [0.2, 0.25) is 0 Å². The second-order valence-corrected chi connectivity index (χ2v) is 5.04. The number of aromatic nitrogens is 1. The van der Waals surface area contributed by atoms with Crippen molar-refractivity contribution in [3.63, 3.8) is 0 Å². The molecule has 20 heavy (non-hydrogen) atoms. The van der Waals surface area contributed by atoms with E-state index in [-0.39, 0.29) is 5.75 Å². The molecule has 0 aliphatic carbocycles. The Kier molecular flexibility index (Phi) is 3.52. The van der Waals surface area contributed by atoms with Crippen LogP contribution in [0.15, 0.2) is 47.5 Å². The van der Waals surface area contributed by atoms with Crippen LogP contribution in [0.4, 0.5) is 10.1 Å². The summed E-state index contributed by atoms with van der Waals surface area (Å²) in [5.74, 6) is -0.263. The molecule has 0 amide bonds. The molecular formula is C14H7FN2OS2. The standard InChI is InChI=1S/C14H7FN2OS2/c15-10-3-1-2-4-12(10)18-14-17-11-6-5-9(16-8-19)7-13(11)20-14/h1-7H. The molecular weight excluding hydrogens is 295 g/mol. The number of benzene rings is 2. The Morgan fingerprint density at radius 1 is 1.25 bits per heavy atom. The van der Waals surface area contributed by atoms with Crippen molar-refractivity contribution in [2.45, 2.75) is 0 Å². The molecule has 0 saturated heterocycles. The molecule has 3 aromatic rings. The van der Waals surface area contributed by atoms with Crippen LogP contribution < -0.4 is 4.74 Å². The van der Waals surface area contributed by atoms with Gasteiger partial charge >= 0.3 is 0 Å². The van der Waals surface area contributed by atoms with Crippen molar-refractivity contribution >= 4 is 44.6 Å². The topological polar surface area (TPSA) is 34.5 Å². The van der Waals surface area contributed by atoms with Crippen molar-refractivity contribution < 1.29 is 9.13 Å². The Labute approximate surface area is 123 Å². The first-order valence-corrected chi connectivity index (χ1v) is 6.89. The number of hydrogen-bond acceptors (Lipinski definition) is 5. The van der Waals surface area contributed by atoms with E-state index in [1.807, 2.05) is 12.1 Å². The minimum Gasteiger partial charge on any atom is -0.428 e.